The summed E-state index contributed by atoms with van der Waals surface area (Å²) in [7, 11) is 1.83. The maximum Gasteiger partial charge on any atom is 0.227 e. The van der Waals surface area contributed by atoms with Crippen molar-refractivity contribution in [2.75, 3.05) is 7.05 Å². The van der Waals surface area contributed by atoms with Crippen LogP contribution in [0.15, 0.2) is 36.5 Å². The minimum absolute atomic E-state index is 0.00136. The summed E-state index contributed by atoms with van der Waals surface area (Å²) in [5.74, 6) is 0.0895. The molecule has 24 heavy (non-hydrogen) atoms. The van der Waals surface area contributed by atoms with E-state index in [4.69, 9.17) is 0 Å². The molecule has 2 aromatic heterocycles. The Labute approximate surface area is 142 Å². The van der Waals surface area contributed by atoms with Gasteiger partial charge < -0.3 is 9.88 Å². The van der Waals surface area contributed by atoms with E-state index >= 15 is 0 Å². The molecule has 1 aromatic carbocycles. The van der Waals surface area contributed by atoms with E-state index < -0.39 is 0 Å². The minimum Gasteiger partial charge on any atom is -0.361 e. The Morgan fingerprint density at radius 2 is 2.00 bits per heavy atom. The second kappa shape index (κ2) is 6.15. The van der Waals surface area contributed by atoms with E-state index in [0.717, 1.165) is 27.9 Å². The number of benzene rings is 1. The van der Waals surface area contributed by atoms with Crippen LogP contribution in [0.1, 0.15) is 37.7 Å². The number of para-hydroxylation sites is 1. The number of hydrogen-bond donors (Lipinski definition) is 2. The first-order valence-corrected chi connectivity index (χ1v) is 8.18. The van der Waals surface area contributed by atoms with Crippen LogP contribution < -0.4 is 0 Å². The lowest BCUT2D eigenvalue weighted by Gasteiger charge is -2.16. The second-order valence-electron chi connectivity index (χ2n) is 7.31. The fraction of sp³-hybridized carbons (Fsp3) is 0.368. The second-order valence-corrected chi connectivity index (χ2v) is 7.31. The monoisotopic (exact) mass is 324 g/mol. The van der Waals surface area contributed by atoms with Crippen LogP contribution in [0.4, 0.5) is 0 Å². The Hall–Kier alpha value is -2.56. The molecule has 0 aliphatic heterocycles. The van der Waals surface area contributed by atoms with E-state index in [1.807, 2.05) is 43.6 Å². The van der Waals surface area contributed by atoms with Crippen molar-refractivity contribution in [3.63, 3.8) is 0 Å². The van der Waals surface area contributed by atoms with Gasteiger partial charge in [-0.25, -0.2) is 0 Å². The number of nitrogens with zero attached hydrogens (tertiary/aromatic N) is 2. The first-order valence-electron chi connectivity index (χ1n) is 8.18. The average Bonchev–Trinajstić information content (AvgIpc) is 3.14. The zero-order valence-electron chi connectivity index (χ0n) is 14.7. The maximum atomic E-state index is 12.5. The summed E-state index contributed by atoms with van der Waals surface area (Å²) in [6, 6.07) is 10.1. The molecule has 0 bridgehead atoms. The molecule has 0 radical (unpaired) electrons. The van der Waals surface area contributed by atoms with Gasteiger partial charge in [-0.1, -0.05) is 39.0 Å². The molecular formula is C19H24N4O. The maximum absolute atomic E-state index is 12.5. The summed E-state index contributed by atoms with van der Waals surface area (Å²) in [6.45, 7) is 6.90. The van der Waals surface area contributed by atoms with Crippen molar-refractivity contribution in [2.45, 2.75) is 39.2 Å². The smallest absolute Gasteiger partial charge is 0.227 e. The summed E-state index contributed by atoms with van der Waals surface area (Å²) >= 11 is 0. The number of carbonyl (C=O) groups excluding carboxylic acids is 1. The largest absolute Gasteiger partial charge is 0.361 e. The average molecular weight is 324 g/mol. The fourth-order valence-corrected chi connectivity index (χ4v) is 2.75. The lowest BCUT2D eigenvalue weighted by atomic mass is 9.92. The van der Waals surface area contributed by atoms with Gasteiger partial charge in [0.1, 0.15) is 0 Å². The standard InChI is InChI=1S/C19H24N4O/c1-19(2,3)17-10-14(21-22-17)12-23(4)18(24)9-13-11-20-16-8-6-5-7-15(13)16/h5-8,10-11,20H,9,12H2,1-4H3,(H,21,22). The van der Waals surface area contributed by atoms with Crippen molar-refractivity contribution < 1.29 is 4.79 Å². The van der Waals surface area contributed by atoms with Gasteiger partial charge in [-0.3, -0.25) is 9.89 Å². The SMILES string of the molecule is CN(Cc1cc(C(C)(C)C)n[nH]1)C(=O)Cc1c[nH]c2ccccc12. The molecule has 2 heterocycles. The van der Waals surface area contributed by atoms with Crippen molar-refractivity contribution in [3.05, 3.63) is 53.5 Å². The van der Waals surface area contributed by atoms with Crippen molar-refractivity contribution in [2.24, 2.45) is 0 Å². The van der Waals surface area contributed by atoms with E-state index in [-0.39, 0.29) is 11.3 Å². The molecule has 0 aliphatic rings. The molecule has 126 valence electrons. The topological polar surface area (TPSA) is 64.8 Å². The molecule has 0 unspecified atom stereocenters. The Kier molecular flexibility index (Phi) is 4.18. The highest BCUT2D eigenvalue weighted by Gasteiger charge is 2.19. The zero-order chi connectivity index (χ0) is 17.3. The van der Waals surface area contributed by atoms with Gasteiger partial charge in [-0.2, -0.15) is 5.10 Å². The third kappa shape index (κ3) is 3.35. The van der Waals surface area contributed by atoms with Gasteiger partial charge in [0.25, 0.3) is 0 Å². The highest BCUT2D eigenvalue weighted by molar-refractivity contribution is 5.88. The quantitative estimate of drug-likeness (QED) is 0.772. The van der Waals surface area contributed by atoms with Crippen LogP contribution in [0.5, 0.6) is 0 Å². The van der Waals surface area contributed by atoms with Crippen LogP contribution in [-0.2, 0) is 23.2 Å². The van der Waals surface area contributed by atoms with Gasteiger partial charge >= 0.3 is 0 Å². The van der Waals surface area contributed by atoms with Crippen LogP contribution in [0.2, 0.25) is 0 Å². The number of amides is 1. The van der Waals surface area contributed by atoms with Gasteiger partial charge in [0.15, 0.2) is 0 Å². The van der Waals surface area contributed by atoms with Crippen LogP contribution in [0.25, 0.3) is 10.9 Å². The summed E-state index contributed by atoms with van der Waals surface area (Å²) in [5.41, 5.74) is 4.06. The van der Waals surface area contributed by atoms with E-state index in [0.29, 0.717) is 13.0 Å². The number of H-pyrrole nitrogens is 2. The number of aromatic amines is 2. The van der Waals surface area contributed by atoms with E-state index in [2.05, 4.69) is 36.0 Å². The molecule has 0 saturated heterocycles. The number of rotatable bonds is 4. The fourth-order valence-electron chi connectivity index (χ4n) is 2.75. The summed E-state index contributed by atoms with van der Waals surface area (Å²) < 4.78 is 0. The molecule has 0 atom stereocenters. The zero-order valence-corrected chi connectivity index (χ0v) is 14.7. The molecule has 1 amide bonds. The van der Waals surface area contributed by atoms with Crippen LogP contribution in [0.3, 0.4) is 0 Å². The Bertz CT molecular complexity index is 854. The lowest BCUT2D eigenvalue weighted by Crippen LogP contribution is -2.27. The number of nitrogens with one attached hydrogen (secondary N) is 2. The van der Waals surface area contributed by atoms with Gasteiger partial charge in [0, 0.05) is 29.6 Å². The third-order valence-electron chi connectivity index (χ3n) is 4.25. The normalized spacial score (nSPS) is 11.8. The Morgan fingerprint density at radius 3 is 2.71 bits per heavy atom. The minimum atomic E-state index is 0.00136. The van der Waals surface area contributed by atoms with E-state index in [9.17, 15) is 4.79 Å². The molecule has 0 spiro atoms. The highest BCUT2D eigenvalue weighted by Crippen LogP contribution is 2.21. The van der Waals surface area contributed by atoms with Crippen LogP contribution in [-0.4, -0.2) is 33.0 Å². The van der Waals surface area contributed by atoms with Crippen LogP contribution in [0, 0.1) is 0 Å². The highest BCUT2D eigenvalue weighted by atomic mass is 16.2. The molecule has 5 nitrogen and oxygen atoms in total. The van der Waals surface area contributed by atoms with Crippen molar-refractivity contribution in [1.29, 1.82) is 0 Å². The first kappa shape index (κ1) is 16.3. The molecular weight excluding hydrogens is 300 g/mol. The van der Waals surface area contributed by atoms with E-state index in [1.54, 1.807) is 4.90 Å². The summed E-state index contributed by atoms with van der Waals surface area (Å²) in [4.78, 5) is 17.5. The third-order valence-corrected chi connectivity index (χ3v) is 4.25. The molecule has 0 saturated carbocycles. The van der Waals surface area contributed by atoms with Crippen molar-refractivity contribution in [1.82, 2.24) is 20.1 Å². The van der Waals surface area contributed by atoms with Gasteiger partial charge in [0.2, 0.25) is 5.91 Å². The number of fused-ring (bicyclic) bond motifs is 1. The molecule has 2 N–H and O–H groups in total. The van der Waals surface area contributed by atoms with Gasteiger partial charge in [0.05, 0.1) is 24.4 Å². The van der Waals surface area contributed by atoms with Crippen LogP contribution >= 0.6 is 0 Å². The Balaban J connectivity index is 1.68. The van der Waals surface area contributed by atoms with Gasteiger partial charge in [-0.15, -0.1) is 0 Å². The predicted octanol–water partition coefficient (Wildman–Crippen LogP) is 3.39. The molecule has 3 rings (SSSR count). The summed E-state index contributed by atoms with van der Waals surface area (Å²) in [6.07, 6.45) is 2.31. The Morgan fingerprint density at radius 1 is 1.25 bits per heavy atom. The molecule has 0 fully saturated rings. The molecule has 0 aliphatic carbocycles. The number of aromatic nitrogens is 3. The number of hydrogen-bond acceptors (Lipinski definition) is 2. The molecule has 5 heteroatoms. The van der Waals surface area contributed by atoms with Crippen molar-refractivity contribution >= 4 is 16.8 Å². The van der Waals surface area contributed by atoms with Crippen molar-refractivity contribution in [3.8, 4) is 0 Å². The lowest BCUT2D eigenvalue weighted by molar-refractivity contribution is -0.129. The number of carbonyl (C=O) groups is 1. The molecule has 3 aromatic rings. The first-order chi connectivity index (χ1) is 11.3. The predicted molar refractivity (Wildman–Crippen MR) is 95.8 cm³/mol. The van der Waals surface area contributed by atoms with Gasteiger partial charge in [-0.05, 0) is 17.7 Å². The number of likely N-dealkylation sites (N-methyl/N-ethyl adjacent to an activating group) is 1. The van der Waals surface area contributed by atoms with E-state index in [1.165, 1.54) is 0 Å². The summed E-state index contributed by atoms with van der Waals surface area (Å²) in [5, 5.41) is 8.49.